The first-order valence-electron chi connectivity index (χ1n) is 16.8. The van der Waals surface area contributed by atoms with E-state index in [4.69, 9.17) is 14.6 Å². The van der Waals surface area contributed by atoms with Crippen LogP contribution in [0.4, 0.5) is 5.95 Å². The number of carboxylic acid groups (broad SMARTS) is 1. The number of rotatable bonds is 12. The molecule has 4 unspecified atom stereocenters. The molecule has 0 saturated carbocycles. The van der Waals surface area contributed by atoms with Gasteiger partial charge in [-0.25, -0.2) is 9.97 Å². The number of benzene rings is 3. The van der Waals surface area contributed by atoms with E-state index in [1.807, 2.05) is 78.9 Å². The van der Waals surface area contributed by atoms with Crippen molar-refractivity contribution >= 4 is 17.8 Å². The molecule has 4 atom stereocenters. The van der Waals surface area contributed by atoms with Gasteiger partial charge in [-0.1, -0.05) is 79.7 Å². The van der Waals surface area contributed by atoms with E-state index in [1.54, 1.807) is 12.4 Å². The second-order valence-electron chi connectivity index (χ2n) is 12.6. The topological polar surface area (TPSA) is 137 Å². The maximum Gasteiger partial charge on any atom is 0.303 e. The van der Waals surface area contributed by atoms with Crippen molar-refractivity contribution in [3.05, 3.63) is 114 Å². The number of hydrogen-bond donors (Lipinski definition) is 3. The third-order valence-electron chi connectivity index (χ3n) is 9.32. The Labute approximate surface area is 286 Å². The summed E-state index contributed by atoms with van der Waals surface area (Å²) in [6, 6.07) is 25.8. The molecule has 0 radical (unpaired) electrons. The van der Waals surface area contributed by atoms with Crippen LogP contribution in [0.1, 0.15) is 54.4 Å². The number of ether oxygens (including phenoxy) is 2. The summed E-state index contributed by atoms with van der Waals surface area (Å²) in [5, 5.41) is 21.3. The molecule has 256 valence electrons. The summed E-state index contributed by atoms with van der Waals surface area (Å²) in [6.45, 7) is 6.66. The Morgan fingerprint density at radius 3 is 2.24 bits per heavy atom. The predicted molar refractivity (Wildman–Crippen MR) is 184 cm³/mol. The summed E-state index contributed by atoms with van der Waals surface area (Å²) < 4.78 is 13.4. The Morgan fingerprint density at radius 2 is 1.55 bits per heavy atom. The van der Waals surface area contributed by atoms with Crippen LogP contribution < -0.4 is 10.2 Å². The fourth-order valence-corrected chi connectivity index (χ4v) is 6.45. The van der Waals surface area contributed by atoms with Crippen LogP contribution in [-0.2, 0) is 32.2 Å². The molecule has 2 fully saturated rings. The second-order valence-corrected chi connectivity index (χ2v) is 12.6. The van der Waals surface area contributed by atoms with E-state index in [0.717, 1.165) is 72.1 Å². The molecule has 0 aliphatic carbocycles. The van der Waals surface area contributed by atoms with Crippen LogP contribution in [0, 0.1) is 5.92 Å². The van der Waals surface area contributed by atoms with Crippen molar-refractivity contribution in [2.45, 2.75) is 51.4 Å². The third-order valence-corrected chi connectivity index (χ3v) is 9.32. The zero-order valence-corrected chi connectivity index (χ0v) is 27.6. The molecule has 0 bridgehead atoms. The van der Waals surface area contributed by atoms with E-state index in [9.17, 15) is 14.7 Å². The van der Waals surface area contributed by atoms with E-state index in [-0.39, 0.29) is 43.5 Å². The molecule has 6 rings (SSSR count). The third kappa shape index (κ3) is 8.68. The van der Waals surface area contributed by atoms with Crippen LogP contribution in [-0.4, -0.2) is 75.8 Å². The molecule has 49 heavy (non-hydrogen) atoms. The van der Waals surface area contributed by atoms with Crippen LogP contribution >= 0.6 is 0 Å². The summed E-state index contributed by atoms with van der Waals surface area (Å²) in [5.41, 5.74) is 5.70. The number of nitrogens with one attached hydrogen (secondary N) is 1. The van der Waals surface area contributed by atoms with E-state index < -0.39 is 12.3 Å². The number of aromatic nitrogens is 2. The first kappa shape index (κ1) is 34.2. The molecule has 0 spiro atoms. The van der Waals surface area contributed by atoms with Crippen LogP contribution in [0.5, 0.6) is 0 Å². The quantitative estimate of drug-likeness (QED) is 0.195. The molecule has 3 N–H and O–H groups in total. The lowest BCUT2D eigenvalue weighted by Crippen LogP contribution is -2.51. The van der Waals surface area contributed by atoms with Crippen molar-refractivity contribution in [1.29, 1.82) is 0 Å². The van der Waals surface area contributed by atoms with Crippen LogP contribution in [0.2, 0.25) is 0 Å². The highest BCUT2D eigenvalue weighted by Gasteiger charge is 2.39. The van der Waals surface area contributed by atoms with Gasteiger partial charge in [0.25, 0.3) is 0 Å². The lowest BCUT2D eigenvalue weighted by Gasteiger charge is -2.44. The molecule has 1 amide bonds. The maximum atomic E-state index is 12.2. The highest BCUT2D eigenvalue weighted by atomic mass is 16.7. The van der Waals surface area contributed by atoms with Gasteiger partial charge in [-0.2, -0.15) is 0 Å². The Balaban J connectivity index is 1.17. The number of aliphatic hydroxyl groups is 1. The summed E-state index contributed by atoms with van der Waals surface area (Å²) in [6.07, 6.45) is 2.41. The van der Waals surface area contributed by atoms with Gasteiger partial charge in [0, 0.05) is 69.6 Å². The summed E-state index contributed by atoms with van der Waals surface area (Å²) in [5.74, 6) is -0.458. The first-order valence-corrected chi connectivity index (χ1v) is 16.8. The number of anilines is 1. The Kier molecular flexibility index (Phi) is 11.3. The van der Waals surface area contributed by atoms with Gasteiger partial charge in [0.2, 0.25) is 11.9 Å². The van der Waals surface area contributed by atoms with Crippen molar-refractivity contribution in [3.63, 3.8) is 0 Å². The van der Waals surface area contributed by atoms with Crippen molar-refractivity contribution in [3.8, 4) is 11.1 Å². The van der Waals surface area contributed by atoms with Gasteiger partial charge in [0.1, 0.15) is 0 Å². The van der Waals surface area contributed by atoms with Crippen molar-refractivity contribution in [2.75, 3.05) is 37.6 Å². The minimum atomic E-state index is -0.995. The van der Waals surface area contributed by atoms with E-state index in [1.165, 1.54) is 0 Å². The fraction of sp³-hybridized carbons (Fsp3) is 0.368. The monoisotopic (exact) mass is 665 g/mol. The molecule has 2 aliphatic heterocycles. The van der Waals surface area contributed by atoms with E-state index >= 15 is 0 Å². The Morgan fingerprint density at radius 1 is 0.857 bits per heavy atom. The van der Waals surface area contributed by atoms with Crippen LogP contribution in [0.25, 0.3) is 11.1 Å². The number of aliphatic carboxylic acids is 1. The number of nitrogens with zero attached hydrogens (tertiary/aromatic N) is 4. The number of aliphatic hydroxyl groups excluding tert-OH is 1. The highest BCUT2D eigenvalue weighted by molar-refractivity contribution is 5.80. The number of hydrogen-bond acceptors (Lipinski definition) is 9. The van der Waals surface area contributed by atoms with Crippen molar-refractivity contribution in [2.24, 2.45) is 5.92 Å². The average Bonchev–Trinajstić information content (AvgIpc) is 3.15. The first-order chi connectivity index (χ1) is 23.9. The smallest absolute Gasteiger partial charge is 0.303 e. The Hall–Kier alpha value is -4.68. The van der Waals surface area contributed by atoms with Gasteiger partial charge < -0.3 is 29.9 Å². The molecule has 3 aromatic carbocycles. The molecule has 3 heterocycles. The van der Waals surface area contributed by atoms with Gasteiger partial charge in [0.05, 0.1) is 25.2 Å². The van der Waals surface area contributed by atoms with Crippen LogP contribution in [0.3, 0.4) is 0 Å². The van der Waals surface area contributed by atoms with Gasteiger partial charge in [-0.05, 0) is 33.9 Å². The second kappa shape index (κ2) is 16.1. The average molecular weight is 666 g/mol. The highest BCUT2D eigenvalue weighted by Crippen LogP contribution is 2.42. The lowest BCUT2D eigenvalue weighted by atomic mass is 9.89. The zero-order valence-electron chi connectivity index (χ0n) is 27.6. The molecule has 1 aromatic heterocycles. The lowest BCUT2D eigenvalue weighted by molar-refractivity contribution is -0.276. The molecule has 11 nitrogen and oxygen atoms in total. The van der Waals surface area contributed by atoms with Crippen molar-refractivity contribution < 1.29 is 29.3 Å². The fourth-order valence-electron chi connectivity index (χ4n) is 6.45. The molecule has 11 heteroatoms. The van der Waals surface area contributed by atoms with Gasteiger partial charge in [-0.3, -0.25) is 14.5 Å². The summed E-state index contributed by atoms with van der Waals surface area (Å²) in [7, 11) is 0. The minimum Gasteiger partial charge on any atom is -0.481 e. The summed E-state index contributed by atoms with van der Waals surface area (Å²) >= 11 is 0. The number of piperazine rings is 1. The number of amides is 1. The minimum absolute atomic E-state index is 0.0116. The number of carbonyl (C=O) groups excluding carboxylic acids is 1. The van der Waals surface area contributed by atoms with E-state index in [2.05, 4.69) is 32.0 Å². The predicted octanol–water partition coefficient (Wildman–Crippen LogP) is 4.73. The van der Waals surface area contributed by atoms with E-state index in [0.29, 0.717) is 6.54 Å². The zero-order chi connectivity index (χ0) is 34.2. The largest absolute Gasteiger partial charge is 0.481 e. The van der Waals surface area contributed by atoms with Crippen molar-refractivity contribution in [1.82, 2.24) is 20.2 Å². The van der Waals surface area contributed by atoms with Gasteiger partial charge in [0.15, 0.2) is 6.29 Å². The molecule has 4 aromatic rings. The SMILES string of the molecule is CC1C(CN2CCN(c3ncccn3)CC2)OC(c2ccc(-c3ccccc3CNC(=O)CCC(=O)O)cc2)OC1c1ccc(CO)cc1. The maximum absolute atomic E-state index is 12.2. The normalized spacial score (nSPS) is 21.3. The summed E-state index contributed by atoms with van der Waals surface area (Å²) in [4.78, 5) is 36.5. The molecular weight excluding hydrogens is 622 g/mol. The molecular formula is C38H43N5O6. The van der Waals surface area contributed by atoms with Gasteiger partial charge >= 0.3 is 5.97 Å². The molecule has 2 saturated heterocycles. The van der Waals surface area contributed by atoms with Gasteiger partial charge in [-0.15, -0.1) is 0 Å². The number of carboxylic acids is 1. The standard InChI is InChI=1S/C38H43N5O6/c1-26-33(24-42-19-21-43(22-20-42)38-39-17-4-18-40-38)48-37(49-36(26)29-9-7-27(25-44)8-10-29)30-13-11-28(12-14-30)32-6-3-2-5-31(32)23-41-34(45)15-16-35(46)47/h2-14,17-18,26,33,36-37,44H,15-16,19-25H2,1H3,(H,41,45)(H,46,47). The van der Waals surface area contributed by atoms with Crippen LogP contribution in [0.15, 0.2) is 91.3 Å². The number of carbonyl (C=O) groups is 2. The molecule has 2 aliphatic rings. The Bertz CT molecular complexity index is 1680.